The number of benzene rings is 1. The average Bonchev–Trinajstić information content (AvgIpc) is 2.81. The van der Waals surface area contributed by atoms with Crippen molar-refractivity contribution in [3.63, 3.8) is 0 Å². The molecule has 0 aliphatic rings. The van der Waals surface area contributed by atoms with Gasteiger partial charge in [0.05, 0.1) is 12.0 Å². The molecule has 0 atom stereocenters. The number of nitrogens with zero attached hydrogens (tertiary/aromatic N) is 3. The van der Waals surface area contributed by atoms with Gasteiger partial charge in [0.1, 0.15) is 0 Å². The third-order valence-corrected chi connectivity index (χ3v) is 2.02. The molecule has 0 spiro atoms. The van der Waals surface area contributed by atoms with E-state index >= 15 is 0 Å². The van der Waals surface area contributed by atoms with Crippen LogP contribution < -0.4 is 4.74 Å². The van der Waals surface area contributed by atoms with Crippen LogP contribution in [0, 0.1) is 16.4 Å². The van der Waals surface area contributed by atoms with E-state index in [-0.39, 0.29) is 11.4 Å². The Hall–Kier alpha value is -2.44. The molecule has 1 aromatic heterocycles. The first-order valence-corrected chi connectivity index (χ1v) is 4.34. The number of nitro benzene ring substituents is 1. The van der Waals surface area contributed by atoms with Crippen molar-refractivity contribution in [2.75, 3.05) is 7.11 Å². The average molecular weight is 219 g/mol. The van der Waals surface area contributed by atoms with E-state index in [1.54, 1.807) is 6.07 Å². The van der Waals surface area contributed by atoms with Crippen molar-refractivity contribution in [3.05, 3.63) is 34.6 Å². The Kier molecular flexibility index (Phi) is 2.50. The Labute approximate surface area is 90.2 Å². The van der Waals surface area contributed by atoms with E-state index in [9.17, 15) is 10.1 Å². The van der Waals surface area contributed by atoms with Crippen LogP contribution in [0.3, 0.4) is 0 Å². The second-order valence-electron chi connectivity index (χ2n) is 2.93. The maximum atomic E-state index is 10.7. The fourth-order valence-electron chi connectivity index (χ4n) is 1.28. The van der Waals surface area contributed by atoms with Gasteiger partial charge in [-0.15, -0.1) is 10.2 Å². The minimum Gasteiger partial charge on any atom is -0.490 e. The molecule has 0 aliphatic carbocycles. The lowest BCUT2D eigenvalue weighted by Crippen LogP contribution is -1.94. The van der Waals surface area contributed by atoms with Gasteiger partial charge in [-0.3, -0.25) is 10.1 Å². The fourth-order valence-corrected chi connectivity index (χ4v) is 1.28. The van der Waals surface area contributed by atoms with Crippen LogP contribution in [-0.4, -0.2) is 27.2 Å². The molecule has 0 unspecified atom stereocenters. The topological polar surface area (TPSA) is 93.9 Å². The Morgan fingerprint density at radius 1 is 1.56 bits per heavy atom. The molecule has 16 heavy (non-hydrogen) atoms. The lowest BCUT2D eigenvalue weighted by Gasteiger charge is -2.02. The molecule has 0 amide bonds. The summed E-state index contributed by atoms with van der Waals surface area (Å²) in [5.41, 5.74) is 0.561. The normalized spacial score (nSPS) is 10.1. The third-order valence-electron chi connectivity index (χ3n) is 2.02. The van der Waals surface area contributed by atoms with Gasteiger partial charge in [-0.2, -0.15) is 0 Å². The van der Waals surface area contributed by atoms with Crippen molar-refractivity contribution >= 4 is 5.69 Å². The molecule has 0 bridgehead atoms. The van der Waals surface area contributed by atoms with Crippen LogP contribution in [0.4, 0.5) is 5.69 Å². The molecular weight excluding hydrogens is 212 g/mol. The number of H-pyrrole nitrogens is 1. The standard InChI is InChI=1S/C9H7N4O3/c1-16-8-4-6(9-10-5-11-12-9)2-3-7(8)13(14)15/h2-4H,1H3,(H,10,11,12). The summed E-state index contributed by atoms with van der Waals surface area (Å²) in [6.07, 6.45) is 2.44. The van der Waals surface area contributed by atoms with E-state index in [4.69, 9.17) is 4.74 Å². The summed E-state index contributed by atoms with van der Waals surface area (Å²) < 4.78 is 4.93. The number of nitro groups is 1. The molecule has 0 aliphatic heterocycles. The molecule has 81 valence electrons. The Morgan fingerprint density at radius 2 is 2.38 bits per heavy atom. The number of rotatable bonds is 3. The number of aromatic nitrogens is 3. The minimum atomic E-state index is -0.505. The first kappa shape index (κ1) is 10.1. The SMILES string of the molecule is COc1cc(-c2nn[c][nH]2)ccc1[N+](=O)[O-]. The number of methoxy groups -OCH3 is 1. The van der Waals surface area contributed by atoms with Crippen molar-refractivity contribution in [2.45, 2.75) is 0 Å². The molecule has 0 fully saturated rings. The summed E-state index contributed by atoms with van der Waals surface area (Å²) in [4.78, 5) is 12.8. The van der Waals surface area contributed by atoms with E-state index in [1.165, 1.54) is 19.2 Å². The van der Waals surface area contributed by atoms with Crippen LogP contribution in [0.25, 0.3) is 11.4 Å². The van der Waals surface area contributed by atoms with E-state index in [0.717, 1.165) is 0 Å². The first-order valence-electron chi connectivity index (χ1n) is 4.34. The molecule has 0 saturated heterocycles. The highest BCUT2D eigenvalue weighted by Gasteiger charge is 2.15. The molecule has 1 radical (unpaired) electrons. The quantitative estimate of drug-likeness (QED) is 0.618. The van der Waals surface area contributed by atoms with Gasteiger partial charge in [0.25, 0.3) is 0 Å². The highest BCUT2D eigenvalue weighted by atomic mass is 16.6. The zero-order chi connectivity index (χ0) is 11.5. The highest BCUT2D eigenvalue weighted by molar-refractivity contribution is 5.62. The summed E-state index contributed by atoms with van der Waals surface area (Å²) in [5.74, 6) is 0.659. The number of hydrogen-bond donors (Lipinski definition) is 1. The zero-order valence-electron chi connectivity index (χ0n) is 8.30. The van der Waals surface area contributed by atoms with Gasteiger partial charge in [0, 0.05) is 11.6 Å². The number of hydrogen-bond acceptors (Lipinski definition) is 5. The minimum absolute atomic E-state index is 0.0882. The fraction of sp³-hybridized carbons (Fsp3) is 0.111. The Bertz CT molecular complexity index is 509. The lowest BCUT2D eigenvalue weighted by molar-refractivity contribution is -0.385. The highest BCUT2D eigenvalue weighted by Crippen LogP contribution is 2.30. The van der Waals surface area contributed by atoms with Crippen molar-refractivity contribution in [2.24, 2.45) is 0 Å². The van der Waals surface area contributed by atoms with Crippen LogP contribution in [0.5, 0.6) is 5.75 Å². The van der Waals surface area contributed by atoms with Crippen molar-refractivity contribution < 1.29 is 9.66 Å². The molecule has 2 rings (SSSR count). The smallest absolute Gasteiger partial charge is 0.310 e. The van der Waals surface area contributed by atoms with Crippen LogP contribution in [0.15, 0.2) is 18.2 Å². The summed E-state index contributed by atoms with van der Waals surface area (Å²) >= 11 is 0. The summed E-state index contributed by atoms with van der Waals surface area (Å²) in [7, 11) is 1.37. The predicted molar refractivity (Wildman–Crippen MR) is 53.9 cm³/mol. The van der Waals surface area contributed by atoms with E-state index in [0.29, 0.717) is 11.4 Å². The summed E-state index contributed by atoms with van der Waals surface area (Å²) in [6, 6.07) is 4.44. The van der Waals surface area contributed by atoms with Gasteiger partial charge < -0.3 is 9.72 Å². The maximum absolute atomic E-state index is 10.7. The third kappa shape index (κ3) is 1.70. The molecular formula is C9H7N4O3. The lowest BCUT2D eigenvalue weighted by atomic mass is 10.2. The van der Waals surface area contributed by atoms with Crippen LogP contribution in [-0.2, 0) is 0 Å². The van der Waals surface area contributed by atoms with Gasteiger partial charge >= 0.3 is 5.69 Å². The van der Waals surface area contributed by atoms with E-state index in [2.05, 4.69) is 21.5 Å². The zero-order valence-corrected chi connectivity index (χ0v) is 8.30. The number of aromatic amines is 1. The Morgan fingerprint density at radius 3 is 2.94 bits per heavy atom. The van der Waals surface area contributed by atoms with Crippen LogP contribution in [0.1, 0.15) is 0 Å². The monoisotopic (exact) mass is 219 g/mol. The molecule has 1 heterocycles. The molecule has 0 saturated carbocycles. The van der Waals surface area contributed by atoms with Gasteiger partial charge in [-0.1, -0.05) is 0 Å². The van der Waals surface area contributed by atoms with Gasteiger partial charge in [0.15, 0.2) is 17.9 Å². The predicted octanol–water partition coefficient (Wildman–Crippen LogP) is 1.19. The van der Waals surface area contributed by atoms with Crippen LogP contribution >= 0.6 is 0 Å². The maximum Gasteiger partial charge on any atom is 0.310 e. The summed E-state index contributed by atoms with van der Waals surface area (Å²) in [5, 5.41) is 17.9. The number of ether oxygens (including phenoxy) is 1. The molecule has 2 aromatic rings. The molecule has 7 heteroatoms. The number of nitrogens with one attached hydrogen (secondary N) is 1. The molecule has 7 nitrogen and oxygen atoms in total. The van der Waals surface area contributed by atoms with Crippen LogP contribution in [0.2, 0.25) is 0 Å². The van der Waals surface area contributed by atoms with E-state index < -0.39 is 4.92 Å². The molecule has 1 N–H and O–H groups in total. The summed E-state index contributed by atoms with van der Waals surface area (Å²) in [6.45, 7) is 0. The van der Waals surface area contributed by atoms with Gasteiger partial charge in [0.2, 0.25) is 0 Å². The van der Waals surface area contributed by atoms with Gasteiger partial charge in [-0.25, -0.2) is 0 Å². The van der Waals surface area contributed by atoms with Crippen molar-refractivity contribution in [1.29, 1.82) is 0 Å². The van der Waals surface area contributed by atoms with Crippen molar-refractivity contribution in [1.82, 2.24) is 15.2 Å². The second-order valence-corrected chi connectivity index (χ2v) is 2.93. The van der Waals surface area contributed by atoms with Gasteiger partial charge in [-0.05, 0) is 12.1 Å². The largest absolute Gasteiger partial charge is 0.490 e. The first-order chi connectivity index (χ1) is 7.72. The Balaban J connectivity index is 2.49. The second kappa shape index (κ2) is 3.97. The van der Waals surface area contributed by atoms with E-state index in [1.807, 2.05) is 0 Å². The van der Waals surface area contributed by atoms with Crippen molar-refractivity contribution in [3.8, 4) is 17.1 Å². The molecule has 1 aromatic carbocycles.